The molecule has 3 N–H and O–H groups in total. The first kappa shape index (κ1) is 22.2. The molecule has 0 aliphatic carbocycles. The van der Waals surface area contributed by atoms with Gasteiger partial charge in [-0.15, -0.1) is 0 Å². The van der Waals surface area contributed by atoms with Crippen LogP contribution in [0.4, 0.5) is 17.6 Å². The van der Waals surface area contributed by atoms with Crippen molar-refractivity contribution in [3.8, 4) is 5.75 Å². The highest BCUT2D eigenvalue weighted by molar-refractivity contribution is 5.79. The number of ether oxygens (including phenoxy) is 2. The SMILES string of the molecule is CC(C)C(C)(O)C(C(N)=O)[C@@H](COC(F)F)c1cccc(OC(F)F)c1. The smallest absolute Gasteiger partial charge is 0.387 e. The predicted molar refractivity (Wildman–Crippen MR) is 85.9 cm³/mol. The van der Waals surface area contributed by atoms with E-state index >= 15 is 0 Å². The number of hydrogen-bond donors (Lipinski definition) is 2. The van der Waals surface area contributed by atoms with Gasteiger partial charge >= 0.3 is 13.2 Å². The summed E-state index contributed by atoms with van der Waals surface area (Å²) in [5.74, 6) is -3.99. The monoisotopic (exact) mass is 381 g/mol. The maximum Gasteiger partial charge on any atom is 0.387 e. The average molecular weight is 381 g/mol. The number of halogens is 4. The number of primary amides is 1. The first-order valence-corrected chi connectivity index (χ1v) is 7.93. The van der Waals surface area contributed by atoms with Crippen LogP contribution < -0.4 is 10.5 Å². The summed E-state index contributed by atoms with van der Waals surface area (Å²) < 4.78 is 58.6. The van der Waals surface area contributed by atoms with Crippen molar-refractivity contribution < 1.29 is 36.9 Å². The van der Waals surface area contributed by atoms with Crippen molar-refractivity contribution in [3.63, 3.8) is 0 Å². The van der Waals surface area contributed by atoms with Crippen molar-refractivity contribution in [2.75, 3.05) is 6.61 Å². The Balaban J connectivity index is 3.35. The zero-order valence-corrected chi connectivity index (χ0v) is 14.7. The molecule has 0 aliphatic heterocycles. The number of benzene rings is 1. The van der Waals surface area contributed by atoms with Crippen LogP contribution in [-0.4, -0.2) is 36.4 Å². The molecule has 5 nitrogen and oxygen atoms in total. The van der Waals surface area contributed by atoms with Gasteiger partial charge in [-0.1, -0.05) is 26.0 Å². The molecule has 0 spiro atoms. The van der Waals surface area contributed by atoms with E-state index in [0.717, 1.165) is 0 Å². The maximum absolute atomic E-state index is 12.6. The van der Waals surface area contributed by atoms with Gasteiger partial charge in [-0.3, -0.25) is 4.79 Å². The highest BCUT2D eigenvalue weighted by Gasteiger charge is 2.44. The van der Waals surface area contributed by atoms with E-state index in [4.69, 9.17) is 5.73 Å². The molecule has 0 bridgehead atoms. The Labute approximate surface area is 149 Å². The molecular formula is C17H23F4NO4. The lowest BCUT2D eigenvalue weighted by molar-refractivity contribution is -0.154. The molecule has 3 atom stereocenters. The van der Waals surface area contributed by atoms with Gasteiger partial charge in [0, 0.05) is 5.92 Å². The predicted octanol–water partition coefficient (Wildman–Crippen LogP) is 3.12. The number of amides is 1. The summed E-state index contributed by atoms with van der Waals surface area (Å²) in [6.45, 7) is -2.20. The molecule has 0 heterocycles. The topological polar surface area (TPSA) is 81.8 Å². The summed E-state index contributed by atoms with van der Waals surface area (Å²) >= 11 is 0. The van der Waals surface area contributed by atoms with E-state index in [9.17, 15) is 27.5 Å². The van der Waals surface area contributed by atoms with Crippen molar-refractivity contribution in [3.05, 3.63) is 29.8 Å². The largest absolute Gasteiger partial charge is 0.435 e. The molecule has 1 aromatic rings. The number of hydrogen-bond acceptors (Lipinski definition) is 4. The zero-order chi connectivity index (χ0) is 20.1. The van der Waals surface area contributed by atoms with Gasteiger partial charge in [-0.2, -0.15) is 17.6 Å². The highest BCUT2D eigenvalue weighted by atomic mass is 19.3. The molecular weight excluding hydrogens is 358 g/mol. The lowest BCUT2D eigenvalue weighted by atomic mass is 9.71. The van der Waals surface area contributed by atoms with Gasteiger partial charge < -0.3 is 20.3 Å². The zero-order valence-electron chi connectivity index (χ0n) is 14.7. The molecule has 1 amide bonds. The van der Waals surface area contributed by atoms with Crippen LogP contribution in [0, 0.1) is 11.8 Å². The summed E-state index contributed by atoms with van der Waals surface area (Å²) in [5, 5.41) is 10.7. The van der Waals surface area contributed by atoms with Crippen molar-refractivity contribution in [2.45, 2.75) is 45.5 Å². The Morgan fingerprint density at radius 2 is 1.85 bits per heavy atom. The van der Waals surface area contributed by atoms with Crippen LogP contribution in [-0.2, 0) is 9.53 Å². The molecule has 0 radical (unpaired) electrons. The third-order valence-electron chi connectivity index (χ3n) is 4.42. The van der Waals surface area contributed by atoms with Crippen LogP contribution in [0.15, 0.2) is 24.3 Å². The first-order chi connectivity index (χ1) is 12.0. The number of carbonyl (C=O) groups is 1. The van der Waals surface area contributed by atoms with Crippen LogP contribution >= 0.6 is 0 Å². The maximum atomic E-state index is 12.6. The Morgan fingerprint density at radius 1 is 1.23 bits per heavy atom. The molecule has 0 saturated heterocycles. The minimum atomic E-state index is -3.12. The van der Waals surface area contributed by atoms with Gasteiger partial charge in [-0.25, -0.2) is 0 Å². The molecule has 0 aliphatic rings. The minimum Gasteiger partial charge on any atom is -0.435 e. The summed E-state index contributed by atoms with van der Waals surface area (Å²) in [5.41, 5.74) is 3.98. The summed E-state index contributed by atoms with van der Waals surface area (Å²) in [6.07, 6.45) is 0. The number of nitrogens with two attached hydrogens (primary N) is 1. The van der Waals surface area contributed by atoms with E-state index in [1.165, 1.54) is 31.2 Å². The quantitative estimate of drug-likeness (QED) is 0.610. The summed E-state index contributed by atoms with van der Waals surface area (Å²) in [4.78, 5) is 12.0. The molecule has 148 valence electrons. The number of aliphatic hydroxyl groups is 1. The fourth-order valence-electron chi connectivity index (χ4n) is 2.74. The van der Waals surface area contributed by atoms with E-state index in [0.29, 0.717) is 0 Å². The van der Waals surface area contributed by atoms with Crippen LogP contribution in [0.5, 0.6) is 5.75 Å². The van der Waals surface area contributed by atoms with Crippen molar-refractivity contribution >= 4 is 5.91 Å². The first-order valence-electron chi connectivity index (χ1n) is 7.93. The van der Waals surface area contributed by atoms with E-state index in [2.05, 4.69) is 9.47 Å². The van der Waals surface area contributed by atoms with E-state index < -0.39 is 49.1 Å². The molecule has 1 aromatic carbocycles. The van der Waals surface area contributed by atoms with Crippen LogP contribution in [0.3, 0.4) is 0 Å². The fourth-order valence-corrected chi connectivity index (χ4v) is 2.74. The molecule has 0 aromatic heterocycles. The standard InChI is InChI=1S/C17H23F4NO4/c1-9(2)17(3,24)13(14(22)23)12(8-25-15(18)19)10-5-4-6-11(7-10)26-16(20)21/h4-7,9,12-13,15-16,24H,8H2,1-3H3,(H2,22,23)/t12-,13?,17?/m0/s1. The molecule has 1 rings (SSSR count). The number of rotatable bonds is 10. The molecule has 2 unspecified atom stereocenters. The Morgan fingerprint density at radius 3 is 2.31 bits per heavy atom. The van der Waals surface area contributed by atoms with Crippen molar-refractivity contribution in [2.24, 2.45) is 17.6 Å². The molecule has 26 heavy (non-hydrogen) atoms. The van der Waals surface area contributed by atoms with Crippen LogP contribution in [0.1, 0.15) is 32.3 Å². The lowest BCUT2D eigenvalue weighted by Crippen LogP contribution is -2.50. The van der Waals surface area contributed by atoms with Crippen molar-refractivity contribution in [1.29, 1.82) is 0 Å². The molecule has 0 fully saturated rings. The Kier molecular flexibility index (Phi) is 7.83. The molecule has 0 saturated carbocycles. The lowest BCUT2D eigenvalue weighted by Gasteiger charge is -2.39. The number of alkyl halides is 4. The molecule has 9 heteroatoms. The van der Waals surface area contributed by atoms with Gasteiger partial charge in [0.05, 0.1) is 18.1 Å². The van der Waals surface area contributed by atoms with Crippen LogP contribution in [0.2, 0.25) is 0 Å². The average Bonchev–Trinajstić information content (AvgIpc) is 2.49. The number of carbonyl (C=O) groups excluding carboxylic acids is 1. The summed E-state index contributed by atoms with van der Waals surface area (Å²) in [6, 6.07) is 5.23. The third kappa shape index (κ3) is 5.84. The second-order valence-corrected chi connectivity index (χ2v) is 6.41. The summed E-state index contributed by atoms with van der Waals surface area (Å²) in [7, 11) is 0. The minimum absolute atomic E-state index is 0.202. The second-order valence-electron chi connectivity index (χ2n) is 6.41. The normalized spacial score (nSPS) is 16.6. The van der Waals surface area contributed by atoms with Gasteiger partial charge in [0.15, 0.2) is 0 Å². The van der Waals surface area contributed by atoms with Gasteiger partial charge in [0.25, 0.3) is 0 Å². The van der Waals surface area contributed by atoms with Crippen molar-refractivity contribution in [1.82, 2.24) is 0 Å². The Hall–Kier alpha value is -1.87. The second kappa shape index (κ2) is 9.18. The van der Waals surface area contributed by atoms with Gasteiger partial charge in [-0.05, 0) is 30.5 Å². The van der Waals surface area contributed by atoms with E-state index in [1.807, 2.05) is 0 Å². The van der Waals surface area contributed by atoms with Gasteiger partial charge in [0.2, 0.25) is 5.91 Å². The fraction of sp³-hybridized carbons (Fsp3) is 0.588. The Bertz CT molecular complexity index is 596. The van der Waals surface area contributed by atoms with Gasteiger partial charge in [0.1, 0.15) is 5.75 Å². The van der Waals surface area contributed by atoms with E-state index in [-0.39, 0.29) is 11.3 Å². The van der Waals surface area contributed by atoms with Crippen LogP contribution in [0.25, 0.3) is 0 Å². The highest BCUT2D eigenvalue weighted by Crippen LogP contribution is 2.38. The third-order valence-corrected chi connectivity index (χ3v) is 4.42. The van der Waals surface area contributed by atoms with E-state index in [1.54, 1.807) is 13.8 Å².